The number of hydrogen-bond acceptors (Lipinski definition) is 3. The minimum absolute atomic E-state index is 0.0112. The van der Waals surface area contributed by atoms with Crippen molar-refractivity contribution in [3.8, 4) is 22.6 Å². The standard InChI is InChI=1S/C33H33FO3/c1-32(2)13-4-5-29(32)27-15-21(6-10-26(27)28-16-24(36-3)9-11-31(28)34)20-37-25-8-7-22-12-14-33(30(22)17-25)18-23(33)19-35/h5-11,15-17,19,23H,4,12-14,18,20H2,1-3H3/t23-,33-/m1/s1. The largest absolute Gasteiger partial charge is 0.497 e. The van der Waals surface area contributed by atoms with Gasteiger partial charge in [-0.2, -0.15) is 0 Å². The molecule has 0 radical (unpaired) electrons. The molecule has 190 valence electrons. The number of ether oxygens (including phenoxy) is 2. The number of carbonyl (C=O) groups is 1. The highest BCUT2D eigenvalue weighted by Gasteiger charge is 2.58. The van der Waals surface area contributed by atoms with Crippen molar-refractivity contribution in [3.05, 3.63) is 88.7 Å². The third kappa shape index (κ3) is 4.07. The van der Waals surface area contributed by atoms with Gasteiger partial charge in [-0.1, -0.05) is 38.1 Å². The van der Waals surface area contributed by atoms with Crippen molar-refractivity contribution in [1.82, 2.24) is 0 Å². The highest BCUT2D eigenvalue weighted by atomic mass is 19.1. The maximum atomic E-state index is 15.0. The molecule has 4 heteroatoms. The molecule has 3 aromatic rings. The molecule has 0 amide bonds. The van der Waals surface area contributed by atoms with Crippen LogP contribution in [0.15, 0.2) is 60.7 Å². The lowest BCUT2D eigenvalue weighted by atomic mass is 9.79. The molecule has 6 rings (SSSR count). The summed E-state index contributed by atoms with van der Waals surface area (Å²) in [6, 6.07) is 17.4. The monoisotopic (exact) mass is 496 g/mol. The maximum Gasteiger partial charge on any atom is 0.131 e. The van der Waals surface area contributed by atoms with E-state index in [9.17, 15) is 4.79 Å². The van der Waals surface area contributed by atoms with E-state index in [1.807, 2.05) is 18.2 Å². The number of carbonyl (C=O) groups excluding carboxylic acids is 1. The second-order valence-corrected chi connectivity index (χ2v) is 11.5. The lowest BCUT2D eigenvalue weighted by Crippen LogP contribution is -2.10. The van der Waals surface area contributed by atoms with Gasteiger partial charge in [-0.15, -0.1) is 0 Å². The van der Waals surface area contributed by atoms with Crippen LogP contribution in [0.2, 0.25) is 0 Å². The Morgan fingerprint density at radius 1 is 0.973 bits per heavy atom. The predicted molar refractivity (Wildman–Crippen MR) is 144 cm³/mol. The van der Waals surface area contributed by atoms with E-state index in [1.165, 1.54) is 22.8 Å². The molecular formula is C33H33FO3. The van der Waals surface area contributed by atoms with Crippen LogP contribution in [-0.4, -0.2) is 13.4 Å². The van der Waals surface area contributed by atoms with Gasteiger partial charge in [0.05, 0.1) is 7.11 Å². The molecule has 3 aromatic carbocycles. The molecule has 0 bridgehead atoms. The first-order valence-electron chi connectivity index (χ1n) is 13.2. The molecule has 0 aromatic heterocycles. The highest BCUT2D eigenvalue weighted by Crippen LogP contribution is 2.61. The smallest absolute Gasteiger partial charge is 0.131 e. The molecule has 0 N–H and O–H groups in total. The Kier molecular flexibility index (Phi) is 5.74. The highest BCUT2D eigenvalue weighted by molar-refractivity contribution is 5.85. The van der Waals surface area contributed by atoms with Crippen molar-refractivity contribution in [2.24, 2.45) is 11.3 Å². The number of methoxy groups -OCH3 is 1. The zero-order chi connectivity index (χ0) is 25.8. The summed E-state index contributed by atoms with van der Waals surface area (Å²) in [5, 5.41) is 0. The molecule has 1 fully saturated rings. The summed E-state index contributed by atoms with van der Waals surface area (Å²) in [5.41, 5.74) is 7.46. The van der Waals surface area contributed by atoms with E-state index < -0.39 is 0 Å². The van der Waals surface area contributed by atoms with Crippen LogP contribution in [0.3, 0.4) is 0 Å². The van der Waals surface area contributed by atoms with Gasteiger partial charge in [-0.25, -0.2) is 4.39 Å². The summed E-state index contributed by atoms with van der Waals surface area (Å²) in [6.07, 6.45) is 8.56. The molecule has 0 saturated heterocycles. The average molecular weight is 497 g/mol. The van der Waals surface area contributed by atoms with Gasteiger partial charge in [0.2, 0.25) is 0 Å². The van der Waals surface area contributed by atoms with Gasteiger partial charge in [0.15, 0.2) is 0 Å². The van der Waals surface area contributed by atoms with E-state index in [-0.39, 0.29) is 22.6 Å². The molecule has 3 nitrogen and oxygen atoms in total. The van der Waals surface area contributed by atoms with E-state index in [0.29, 0.717) is 17.9 Å². The number of halogens is 1. The van der Waals surface area contributed by atoms with Gasteiger partial charge >= 0.3 is 0 Å². The van der Waals surface area contributed by atoms with E-state index in [0.717, 1.165) is 60.8 Å². The van der Waals surface area contributed by atoms with Crippen molar-refractivity contribution < 1.29 is 18.7 Å². The van der Waals surface area contributed by atoms with Crippen LogP contribution < -0.4 is 9.47 Å². The summed E-state index contributed by atoms with van der Waals surface area (Å²) < 4.78 is 26.7. The number of aryl methyl sites for hydroxylation is 1. The third-order valence-electron chi connectivity index (χ3n) is 8.85. The third-order valence-corrected chi connectivity index (χ3v) is 8.85. The molecule has 0 heterocycles. The second kappa shape index (κ2) is 8.86. The number of hydrogen-bond donors (Lipinski definition) is 0. The molecular weight excluding hydrogens is 463 g/mol. The van der Waals surface area contributed by atoms with Gasteiger partial charge in [-0.05, 0) is 107 Å². The first kappa shape index (κ1) is 24.0. The number of benzene rings is 3. The average Bonchev–Trinajstić information content (AvgIpc) is 3.35. The van der Waals surface area contributed by atoms with Crippen molar-refractivity contribution in [2.75, 3.05) is 7.11 Å². The quantitative estimate of drug-likeness (QED) is 0.315. The molecule has 37 heavy (non-hydrogen) atoms. The summed E-state index contributed by atoms with van der Waals surface area (Å²) in [4.78, 5) is 11.4. The number of rotatable bonds is 7. The summed E-state index contributed by atoms with van der Waals surface area (Å²) in [7, 11) is 1.60. The van der Waals surface area contributed by atoms with Crippen LogP contribution in [0.4, 0.5) is 4.39 Å². The normalized spacial score (nSPS) is 23.0. The lowest BCUT2D eigenvalue weighted by Gasteiger charge is -2.25. The van der Waals surface area contributed by atoms with Crippen LogP contribution in [-0.2, 0) is 23.2 Å². The first-order valence-corrected chi connectivity index (χ1v) is 13.2. The fraction of sp³-hybridized carbons (Fsp3) is 0.364. The maximum absolute atomic E-state index is 15.0. The van der Waals surface area contributed by atoms with Crippen LogP contribution in [0.25, 0.3) is 16.7 Å². The van der Waals surface area contributed by atoms with Crippen molar-refractivity contribution in [3.63, 3.8) is 0 Å². The molecule has 1 spiro atoms. The van der Waals surface area contributed by atoms with E-state index >= 15 is 4.39 Å². The second-order valence-electron chi connectivity index (χ2n) is 11.5. The minimum atomic E-state index is -0.261. The van der Waals surface area contributed by atoms with Crippen molar-refractivity contribution in [1.29, 1.82) is 0 Å². The molecule has 2 atom stereocenters. The van der Waals surface area contributed by atoms with Crippen molar-refractivity contribution >= 4 is 11.9 Å². The van der Waals surface area contributed by atoms with Crippen LogP contribution in [0.1, 0.15) is 61.8 Å². The molecule has 0 aliphatic heterocycles. The Balaban J connectivity index is 1.32. The number of fused-ring (bicyclic) bond motifs is 2. The number of allylic oxidation sites excluding steroid dienone is 2. The summed E-state index contributed by atoms with van der Waals surface area (Å²) >= 11 is 0. The molecule has 3 aliphatic rings. The van der Waals surface area contributed by atoms with Gasteiger partial charge < -0.3 is 14.3 Å². The Bertz CT molecular complexity index is 1420. The first-order chi connectivity index (χ1) is 17.8. The SMILES string of the molecule is COc1ccc(F)c(-c2ccc(COc3ccc4c(c3)[C@]3(CC4)C[C@@H]3C=O)cc2C2=CCCC2(C)C)c1. The molecule has 3 aliphatic carbocycles. The van der Waals surface area contributed by atoms with Gasteiger partial charge in [0.25, 0.3) is 0 Å². The Labute approximate surface area is 218 Å². The fourth-order valence-corrected chi connectivity index (χ4v) is 6.53. The Morgan fingerprint density at radius 2 is 1.81 bits per heavy atom. The van der Waals surface area contributed by atoms with Gasteiger partial charge in [0, 0.05) is 16.9 Å². The predicted octanol–water partition coefficient (Wildman–Crippen LogP) is 7.69. The fourth-order valence-electron chi connectivity index (χ4n) is 6.53. The van der Waals surface area contributed by atoms with Crippen LogP contribution in [0, 0.1) is 17.2 Å². The van der Waals surface area contributed by atoms with E-state index in [4.69, 9.17) is 9.47 Å². The Hall–Kier alpha value is -3.40. The molecule has 1 saturated carbocycles. The van der Waals surface area contributed by atoms with Gasteiger partial charge in [-0.3, -0.25) is 0 Å². The zero-order valence-electron chi connectivity index (χ0n) is 21.8. The summed E-state index contributed by atoms with van der Waals surface area (Å²) in [5.74, 6) is 1.36. The Morgan fingerprint density at radius 3 is 2.54 bits per heavy atom. The summed E-state index contributed by atoms with van der Waals surface area (Å²) in [6.45, 7) is 4.93. The van der Waals surface area contributed by atoms with E-state index in [2.05, 4.69) is 38.1 Å². The number of aldehydes is 1. The molecule has 0 unspecified atom stereocenters. The van der Waals surface area contributed by atoms with Crippen LogP contribution >= 0.6 is 0 Å². The lowest BCUT2D eigenvalue weighted by molar-refractivity contribution is -0.109. The van der Waals surface area contributed by atoms with Crippen LogP contribution in [0.5, 0.6) is 11.5 Å². The minimum Gasteiger partial charge on any atom is -0.497 e. The van der Waals surface area contributed by atoms with E-state index in [1.54, 1.807) is 19.2 Å². The van der Waals surface area contributed by atoms with Crippen molar-refractivity contribution in [2.45, 2.75) is 58.0 Å². The zero-order valence-corrected chi connectivity index (χ0v) is 21.8. The van der Waals surface area contributed by atoms with Gasteiger partial charge in [0.1, 0.15) is 30.2 Å². The topological polar surface area (TPSA) is 35.5 Å².